The Morgan fingerprint density at radius 3 is 2.40 bits per heavy atom. The van der Waals surface area contributed by atoms with Crippen molar-refractivity contribution in [1.29, 1.82) is 0 Å². The maximum Gasteiger partial charge on any atom is 0.115 e. The molecule has 1 aromatic heterocycles. The van der Waals surface area contributed by atoms with E-state index >= 15 is 0 Å². The lowest BCUT2D eigenvalue weighted by Gasteiger charge is -2.20. The van der Waals surface area contributed by atoms with Crippen LogP contribution in [0.5, 0.6) is 0 Å². The molecule has 0 unspecified atom stereocenters. The third-order valence-electron chi connectivity index (χ3n) is 1.90. The molecule has 0 aliphatic heterocycles. The highest BCUT2D eigenvalue weighted by molar-refractivity contribution is 5.01. The Morgan fingerprint density at radius 2 is 1.80 bits per heavy atom. The Morgan fingerprint density at radius 1 is 1.13 bits per heavy atom. The molecule has 0 saturated heterocycles. The van der Waals surface area contributed by atoms with Gasteiger partial charge in [-0.2, -0.15) is 0 Å². The second-order valence-electron chi connectivity index (χ2n) is 4.60. The Balaban J connectivity index is 2.08. The van der Waals surface area contributed by atoms with Gasteiger partial charge in [-0.05, 0) is 20.8 Å². The summed E-state index contributed by atoms with van der Waals surface area (Å²) in [6, 6.07) is 0. The third kappa shape index (κ3) is 6.14. The molecule has 1 rings (SSSR count). The molecule has 1 aromatic rings. The summed E-state index contributed by atoms with van der Waals surface area (Å²) in [7, 11) is 0. The van der Waals surface area contributed by atoms with Gasteiger partial charge in [0.1, 0.15) is 6.33 Å². The highest BCUT2D eigenvalue weighted by Gasteiger charge is 2.06. The number of rotatable bonds is 5. The molecule has 0 saturated carbocycles. The zero-order valence-electron chi connectivity index (χ0n) is 9.75. The van der Waals surface area contributed by atoms with E-state index in [1.54, 1.807) is 6.33 Å². The first-order valence-electron chi connectivity index (χ1n) is 5.27. The Bertz CT molecular complexity index is 266. The smallest absolute Gasteiger partial charge is 0.115 e. The zero-order chi connectivity index (χ0) is 11.1. The van der Waals surface area contributed by atoms with Crippen LogP contribution >= 0.6 is 0 Å². The summed E-state index contributed by atoms with van der Waals surface area (Å²) in [6.07, 6.45) is 5.21. The van der Waals surface area contributed by atoms with E-state index in [1.165, 1.54) is 0 Å². The van der Waals surface area contributed by atoms with E-state index in [0.717, 1.165) is 25.2 Å². The molecule has 0 aliphatic carbocycles. The van der Waals surface area contributed by atoms with Gasteiger partial charge in [0.25, 0.3) is 0 Å². The Hall–Kier alpha value is -1.00. The monoisotopic (exact) mass is 208 g/mol. The molecule has 0 aromatic carbocycles. The Labute approximate surface area is 91.5 Å². The van der Waals surface area contributed by atoms with Crippen LogP contribution < -0.4 is 10.6 Å². The summed E-state index contributed by atoms with van der Waals surface area (Å²) in [5.41, 5.74) is 1.31. The van der Waals surface area contributed by atoms with Gasteiger partial charge in [-0.15, -0.1) is 0 Å². The average molecular weight is 208 g/mol. The van der Waals surface area contributed by atoms with E-state index < -0.39 is 0 Å². The van der Waals surface area contributed by atoms with Crippen LogP contribution in [-0.4, -0.2) is 28.6 Å². The lowest BCUT2D eigenvalue weighted by Crippen LogP contribution is -2.40. The predicted molar refractivity (Wildman–Crippen MR) is 61.5 cm³/mol. The molecule has 0 radical (unpaired) electrons. The van der Waals surface area contributed by atoms with E-state index in [4.69, 9.17) is 0 Å². The summed E-state index contributed by atoms with van der Waals surface area (Å²) in [5.74, 6) is 0. The highest BCUT2D eigenvalue weighted by Crippen LogP contribution is 1.96. The molecule has 2 N–H and O–H groups in total. The van der Waals surface area contributed by atoms with Gasteiger partial charge in [-0.3, -0.25) is 0 Å². The second kappa shape index (κ2) is 5.78. The second-order valence-corrected chi connectivity index (χ2v) is 4.60. The van der Waals surface area contributed by atoms with Gasteiger partial charge in [0.15, 0.2) is 0 Å². The highest BCUT2D eigenvalue weighted by atomic mass is 15.0. The van der Waals surface area contributed by atoms with Gasteiger partial charge in [0.05, 0.1) is 0 Å². The summed E-state index contributed by atoms with van der Waals surface area (Å²) in [4.78, 5) is 7.91. The van der Waals surface area contributed by atoms with Gasteiger partial charge in [0.2, 0.25) is 0 Å². The van der Waals surface area contributed by atoms with Crippen molar-refractivity contribution in [3.63, 3.8) is 0 Å². The number of aromatic nitrogens is 2. The zero-order valence-corrected chi connectivity index (χ0v) is 9.75. The number of hydrogen-bond acceptors (Lipinski definition) is 4. The van der Waals surface area contributed by atoms with Crippen LogP contribution in [0.4, 0.5) is 0 Å². The van der Waals surface area contributed by atoms with Crippen molar-refractivity contribution < 1.29 is 0 Å². The van der Waals surface area contributed by atoms with Crippen LogP contribution in [0.25, 0.3) is 0 Å². The molecule has 0 spiro atoms. The van der Waals surface area contributed by atoms with E-state index in [0.29, 0.717) is 0 Å². The molecule has 0 aliphatic rings. The first-order chi connectivity index (χ1) is 7.08. The van der Waals surface area contributed by atoms with Crippen molar-refractivity contribution in [1.82, 2.24) is 20.6 Å². The van der Waals surface area contributed by atoms with Crippen LogP contribution in [0.15, 0.2) is 18.7 Å². The molecular weight excluding hydrogens is 188 g/mol. The lowest BCUT2D eigenvalue weighted by molar-refractivity contribution is 0.421. The molecule has 0 amide bonds. The maximum absolute atomic E-state index is 3.96. The molecule has 0 bridgehead atoms. The standard InChI is InChI=1S/C11H20N4/c1-11(2,3)15-5-4-12-6-10-7-13-9-14-8-10/h7-9,12,15H,4-6H2,1-3H3. The minimum absolute atomic E-state index is 0.192. The first kappa shape index (κ1) is 12.1. The average Bonchev–Trinajstić information content (AvgIpc) is 2.17. The fraction of sp³-hybridized carbons (Fsp3) is 0.636. The number of hydrogen-bond donors (Lipinski definition) is 2. The molecule has 84 valence electrons. The minimum Gasteiger partial charge on any atom is -0.311 e. The molecule has 0 atom stereocenters. The van der Waals surface area contributed by atoms with Gasteiger partial charge < -0.3 is 10.6 Å². The summed E-state index contributed by atoms with van der Waals surface area (Å²) >= 11 is 0. The van der Waals surface area contributed by atoms with Crippen LogP contribution in [0.3, 0.4) is 0 Å². The van der Waals surface area contributed by atoms with Crippen LogP contribution in [0.2, 0.25) is 0 Å². The minimum atomic E-state index is 0.192. The van der Waals surface area contributed by atoms with Crippen molar-refractivity contribution in [2.75, 3.05) is 13.1 Å². The maximum atomic E-state index is 3.96. The number of nitrogens with one attached hydrogen (secondary N) is 2. The van der Waals surface area contributed by atoms with Crippen molar-refractivity contribution in [3.8, 4) is 0 Å². The normalized spacial score (nSPS) is 11.7. The largest absolute Gasteiger partial charge is 0.311 e. The van der Waals surface area contributed by atoms with Gasteiger partial charge in [-0.25, -0.2) is 9.97 Å². The SMILES string of the molecule is CC(C)(C)NCCNCc1cncnc1. The van der Waals surface area contributed by atoms with Gasteiger partial charge in [0, 0.05) is 43.1 Å². The lowest BCUT2D eigenvalue weighted by atomic mass is 10.1. The van der Waals surface area contributed by atoms with Crippen LogP contribution in [0.1, 0.15) is 26.3 Å². The van der Waals surface area contributed by atoms with Gasteiger partial charge in [-0.1, -0.05) is 0 Å². The predicted octanol–water partition coefficient (Wildman–Crippen LogP) is 0.954. The third-order valence-corrected chi connectivity index (χ3v) is 1.90. The summed E-state index contributed by atoms with van der Waals surface area (Å²) in [6.45, 7) is 9.24. The van der Waals surface area contributed by atoms with E-state index in [9.17, 15) is 0 Å². The molecule has 15 heavy (non-hydrogen) atoms. The molecule has 1 heterocycles. The van der Waals surface area contributed by atoms with Crippen LogP contribution in [-0.2, 0) is 6.54 Å². The fourth-order valence-electron chi connectivity index (χ4n) is 1.18. The van der Waals surface area contributed by atoms with Crippen molar-refractivity contribution in [2.24, 2.45) is 0 Å². The quantitative estimate of drug-likeness (QED) is 0.708. The van der Waals surface area contributed by atoms with Crippen molar-refractivity contribution in [3.05, 3.63) is 24.3 Å². The Kier molecular flexibility index (Phi) is 4.65. The van der Waals surface area contributed by atoms with Crippen molar-refractivity contribution >= 4 is 0 Å². The van der Waals surface area contributed by atoms with E-state index in [2.05, 4.69) is 41.4 Å². The molecular formula is C11H20N4. The molecule has 4 nitrogen and oxygen atoms in total. The number of nitrogens with zero attached hydrogens (tertiary/aromatic N) is 2. The fourth-order valence-corrected chi connectivity index (χ4v) is 1.18. The first-order valence-corrected chi connectivity index (χ1v) is 5.27. The molecule has 0 fully saturated rings. The molecule has 4 heteroatoms. The van der Waals surface area contributed by atoms with Gasteiger partial charge >= 0.3 is 0 Å². The van der Waals surface area contributed by atoms with E-state index in [-0.39, 0.29) is 5.54 Å². The van der Waals surface area contributed by atoms with Crippen molar-refractivity contribution in [2.45, 2.75) is 32.9 Å². The summed E-state index contributed by atoms with van der Waals surface area (Å²) in [5, 5.41) is 6.75. The van der Waals surface area contributed by atoms with Crippen LogP contribution in [0, 0.1) is 0 Å². The topological polar surface area (TPSA) is 49.8 Å². The van der Waals surface area contributed by atoms with E-state index in [1.807, 2.05) is 12.4 Å². The summed E-state index contributed by atoms with van der Waals surface area (Å²) < 4.78 is 0.